The molecule has 10 heavy (non-hydrogen) atoms. The number of aldehydes is 1. The zero-order valence-corrected chi connectivity index (χ0v) is 7.08. The lowest BCUT2D eigenvalue weighted by Crippen LogP contribution is -1.67. The van der Waals surface area contributed by atoms with E-state index in [-0.39, 0.29) is 0 Å². The zero-order chi connectivity index (χ0) is 7.40. The molecular formula is C7H3IO2. The van der Waals surface area contributed by atoms with Gasteiger partial charge in [0.25, 0.3) is 0 Å². The molecule has 0 amide bonds. The van der Waals surface area contributed by atoms with Crippen molar-refractivity contribution in [3.8, 4) is 9.85 Å². The van der Waals surface area contributed by atoms with Gasteiger partial charge in [-0.3, -0.25) is 4.79 Å². The Bertz CT molecular complexity index is 290. The normalized spacial score (nSPS) is 8.10. The van der Waals surface area contributed by atoms with Crippen molar-refractivity contribution in [2.45, 2.75) is 0 Å². The van der Waals surface area contributed by atoms with Gasteiger partial charge in [-0.15, -0.1) is 0 Å². The Labute approximate surface area is 71.7 Å². The van der Waals surface area contributed by atoms with Crippen LogP contribution in [-0.4, -0.2) is 6.29 Å². The molecule has 0 saturated carbocycles. The van der Waals surface area contributed by atoms with Crippen LogP contribution in [-0.2, 0) is 0 Å². The summed E-state index contributed by atoms with van der Waals surface area (Å²) in [6.07, 6.45) is 0.651. The predicted octanol–water partition coefficient (Wildman–Crippen LogP) is 1.84. The molecule has 0 atom stereocenters. The Morgan fingerprint density at radius 1 is 1.60 bits per heavy atom. The highest BCUT2D eigenvalue weighted by atomic mass is 127. The minimum atomic E-state index is 0.314. The average Bonchev–Trinajstić information content (AvgIpc) is 2.37. The number of furan rings is 1. The zero-order valence-electron chi connectivity index (χ0n) is 4.93. The fourth-order valence-electron chi connectivity index (χ4n) is 0.530. The first-order valence-electron chi connectivity index (χ1n) is 2.53. The van der Waals surface area contributed by atoms with Gasteiger partial charge in [0.05, 0.1) is 0 Å². The van der Waals surface area contributed by atoms with Gasteiger partial charge < -0.3 is 4.42 Å². The Morgan fingerprint density at radius 3 is 2.90 bits per heavy atom. The third-order valence-corrected chi connectivity index (χ3v) is 1.18. The van der Waals surface area contributed by atoms with E-state index in [1.165, 1.54) is 0 Å². The Balaban J connectivity index is 2.95. The smallest absolute Gasteiger partial charge is 0.185 e. The molecule has 0 aliphatic carbocycles. The maximum Gasteiger partial charge on any atom is 0.185 e. The molecule has 3 heteroatoms. The van der Waals surface area contributed by atoms with Crippen molar-refractivity contribution in [1.82, 2.24) is 0 Å². The largest absolute Gasteiger partial charge is 0.445 e. The number of rotatable bonds is 1. The molecule has 0 aliphatic rings. The van der Waals surface area contributed by atoms with Gasteiger partial charge >= 0.3 is 0 Å². The summed E-state index contributed by atoms with van der Waals surface area (Å²) in [5.41, 5.74) is 0. The maximum absolute atomic E-state index is 10.1. The number of hydrogen-bond acceptors (Lipinski definition) is 2. The van der Waals surface area contributed by atoms with Gasteiger partial charge in [-0.2, -0.15) is 0 Å². The van der Waals surface area contributed by atoms with Gasteiger partial charge in [0.2, 0.25) is 0 Å². The van der Waals surface area contributed by atoms with E-state index in [1.54, 1.807) is 12.1 Å². The molecule has 0 radical (unpaired) electrons. The molecular weight excluding hydrogens is 243 g/mol. The molecule has 0 saturated heterocycles. The Morgan fingerprint density at radius 2 is 2.40 bits per heavy atom. The van der Waals surface area contributed by atoms with Gasteiger partial charge in [0.1, 0.15) is 0 Å². The summed E-state index contributed by atoms with van der Waals surface area (Å²) in [7, 11) is 0. The van der Waals surface area contributed by atoms with E-state index in [0.717, 1.165) is 0 Å². The molecule has 0 aliphatic heterocycles. The minimum absolute atomic E-state index is 0.314. The summed E-state index contributed by atoms with van der Waals surface area (Å²) in [5.74, 6) is 3.51. The van der Waals surface area contributed by atoms with E-state index < -0.39 is 0 Å². The van der Waals surface area contributed by atoms with Crippen LogP contribution in [0.4, 0.5) is 0 Å². The number of carbonyl (C=O) groups excluding carboxylic acids is 1. The van der Waals surface area contributed by atoms with Gasteiger partial charge in [-0.05, 0) is 22.0 Å². The Hall–Kier alpha value is -0.760. The second kappa shape index (κ2) is 3.42. The van der Waals surface area contributed by atoms with Crippen molar-refractivity contribution in [3.63, 3.8) is 0 Å². The number of hydrogen-bond donors (Lipinski definition) is 0. The number of halogens is 1. The fourth-order valence-corrected chi connectivity index (χ4v) is 0.796. The summed E-state index contributed by atoms with van der Waals surface area (Å²) in [4.78, 5) is 10.1. The molecule has 1 heterocycles. The number of carbonyl (C=O) groups is 1. The molecule has 0 bridgehead atoms. The van der Waals surface area contributed by atoms with Crippen molar-refractivity contribution in [2.24, 2.45) is 0 Å². The summed E-state index contributed by atoms with van der Waals surface area (Å²) < 4.78 is 7.56. The lowest BCUT2D eigenvalue weighted by molar-refractivity contribution is 0.110. The topological polar surface area (TPSA) is 30.2 Å². The lowest BCUT2D eigenvalue weighted by Gasteiger charge is -1.76. The van der Waals surface area contributed by atoms with Crippen LogP contribution < -0.4 is 0 Å². The van der Waals surface area contributed by atoms with Crippen LogP contribution in [0, 0.1) is 9.85 Å². The molecule has 0 spiro atoms. The Kier molecular flexibility index (Phi) is 2.51. The summed E-state index contributed by atoms with van der Waals surface area (Å²) in [6.45, 7) is 0. The first-order chi connectivity index (χ1) is 4.86. The lowest BCUT2D eigenvalue weighted by atomic mass is 10.4. The molecule has 0 unspecified atom stereocenters. The SMILES string of the molecule is O=Cc1ccc(C#CI)o1. The van der Waals surface area contributed by atoms with Crippen LogP contribution in [0.5, 0.6) is 0 Å². The highest BCUT2D eigenvalue weighted by molar-refractivity contribution is 14.1. The van der Waals surface area contributed by atoms with Crippen molar-refractivity contribution in [3.05, 3.63) is 23.7 Å². The molecule has 50 valence electrons. The van der Waals surface area contributed by atoms with Crippen LogP contribution in [0.25, 0.3) is 0 Å². The van der Waals surface area contributed by atoms with Gasteiger partial charge in [0.15, 0.2) is 17.8 Å². The molecule has 1 aromatic rings. The molecule has 1 rings (SSSR count). The van der Waals surface area contributed by atoms with Crippen LogP contribution in [0.3, 0.4) is 0 Å². The highest BCUT2D eigenvalue weighted by Gasteiger charge is 1.94. The van der Waals surface area contributed by atoms with Gasteiger partial charge in [-0.25, -0.2) is 0 Å². The summed E-state index contributed by atoms with van der Waals surface area (Å²) >= 11 is 1.90. The maximum atomic E-state index is 10.1. The van der Waals surface area contributed by atoms with Crippen LogP contribution in [0.15, 0.2) is 16.5 Å². The molecule has 0 N–H and O–H groups in total. The van der Waals surface area contributed by atoms with E-state index >= 15 is 0 Å². The third kappa shape index (κ3) is 1.61. The van der Waals surface area contributed by atoms with Crippen molar-refractivity contribution < 1.29 is 9.21 Å². The van der Waals surface area contributed by atoms with E-state index in [4.69, 9.17) is 4.42 Å². The molecule has 0 fully saturated rings. The van der Waals surface area contributed by atoms with E-state index in [2.05, 4.69) is 9.85 Å². The third-order valence-electron chi connectivity index (χ3n) is 0.913. The fraction of sp³-hybridized carbons (Fsp3) is 0. The first-order valence-corrected chi connectivity index (χ1v) is 3.61. The first kappa shape index (κ1) is 7.35. The standard InChI is InChI=1S/C7H3IO2/c8-4-3-6-1-2-7(5-9)10-6/h1-2,5H. The van der Waals surface area contributed by atoms with Crippen molar-refractivity contribution in [1.29, 1.82) is 0 Å². The van der Waals surface area contributed by atoms with Crippen molar-refractivity contribution in [2.75, 3.05) is 0 Å². The van der Waals surface area contributed by atoms with Crippen LogP contribution in [0.2, 0.25) is 0 Å². The quantitative estimate of drug-likeness (QED) is 0.430. The van der Waals surface area contributed by atoms with Crippen LogP contribution >= 0.6 is 22.6 Å². The summed E-state index contributed by atoms with van der Waals surface area (Å²) in [5, 5.41) is 0. The van der Waals surface area contributed by atoms with Crippen molar-refractivity contribution >= 4 is 28.9 Å². The molecule has 1 aromatic heterocycles. The minimum Gasteiger partial charge on any atom is -0.445 e. The van der Waals surface area contributed by atoms with E-state index in [0.29, 0.717) is 17.8 Å². The van der Waals surface area contributed by atoms with E-state index in [1.807, 2.05) is 22.6 Å². The second-order valence-electron chi connectivity index (χ2n) is 1.54. The molecule has 2 nitrogen and oxygen atoms in total. The summed E-state index contributed by atoms with van der Waals surface area (Å²) in [6, 6.07) is 3.25. The molecule has 0 aromatic carbocycles. The van der Waals surface area contributed by atoms with E-state index in [9.17, 15) is 4.79 Å². The highest BCUT2D eigenvalue weighted by Crippen LogP contribution is 2.03. The second-order valence-corrected chi connectivity index (χ2v) is 2.08. The van der Waals surface area contributed by atoms with Gasteiger partial charge in [-0.1, -0.05) is 0 Å². The van der Waals surface area contributed by atoms with Gasteiger partial charge in [0, 0.05) is 22.6 Å². The monoisotopic (exact) mass is 246 g/mol. The van der Waals surface area contributed by atoms with Crippen LogP contribution in [0.1, 0.15) is 16.3 Å². The average molecular weight is 246 g/mol. The predicted molar refractivity (Wildman–Crippen MR) is 45.0 cm³/mol.